The van der Waals surface area contributed by atoms with Crippen LogP contribution in [-0.4, -0.2) is 59.3 Å². The molecule has 4 aromatic rings. The number of amides is 1. The number of benzene rings is 2. The first kappa shape index (κ1) is 22.2. The van der Waals surface area contributed by atoms with Crippen molar-refractivity contribution in [3.63, 3.8) is 0 Å². The van der Waals surface area contributed by atoms with Gasteiger partial charge in [0.05, 0.1) is 24.1 Å². The van der Waals surface area contributed by atoms with Crippen molar-refractivity contribution in [3.8, 4) is 17.1 Å². The second-order valence-corrected chi connectivity index (χ2v) is 8.64. The molecule has 34 heavy (non-hydrogen) atoms. The summed E-state index contributed by atoms with van der Waals surface area (Å²) in [4.78, 5) is 12.6. The molecule has 0 aliphatic carbocycles. The smallest absolute Gasteiger partial charge is 0.234 e. The molecule has 10 nitrogen and oxygen atoms in total. The molecule has 0 radical (unpaired) electrons. The first-order chi connectivity index (χ1) is 16.7. The molecular weight excluding hydrogens is 459 g/mol. The van der Waals surface area contributed by atoms with Gasteiger partial charge in [-0.05, 0) is 71.8 Å². The van der Waals surface area contributed by atoms with Crippen LogP contribution in [0, 0.1) is 5.82 Å². The monoisotopic (exact) mass is 480 g/mol. The lowest BCUT2D eigenvalue weighted by Crippen LogP contribution is -2.18. The van der Waals surface area contributed by atoms with Crippen LogP contribution < -0.4 is 5.32 Å². The molecule has 1 amide bonds. The van der Waals surface area contributed by atoms with Crippen molar-refractivity contribution in [1.29, 1.82) is 0 Å². The molecule has 1 aliphatic rings. The molecule has 1 saturated heterocycles. The number of aromatic nitrogens is 7. The number of anilines is 1. The molecular formula is C22H21FN8O2S. The molecule has 0 spiro atoms. The van der Waals surface area contributed by atoms with Crippen molar-refractivity contribution in [3.05, 3.63) is 60.7 Å². The summed E-state index contributed by atoms with van der Waals surface area (Å²) in [5.41, 5.74) is 2.20. The predicted molar refractivity (Wildman–Crippen MR) is 123 cm³/mol. The van der Waals surface area contributed by atoms with Crippen LogP contribution in [0.5, 0.6) is 0 Å². The number of thioether (sulfide) groups is 1. The Kier molecular flexibility index (Phi) is 6.58. The molecule has 1 unspecified atom stereocenters. The van der Waals surface area contributed by atoms with E-state index in [1.54, 1.807) is 24.3 Å². The highest BCUT2D eigenvalue weighted by atomic mass is 32.2. The maximum Gasteiger partial charge on any atom is 0.234 e. The highest BCUT2D eigenvalue weighted by Crippen LogP contribution is 2.27. The molecule has 5 rings (SSSR count). The van der Waals surface area contributed by atoms with E-state index in [0.717, 1.165) is 30.7 Å². The van der Waals surface area contributed by atoms with Gasteiger partial charge in [-0.15, -0.1) is 15.3 Å². The Labute approximate surface area is 198 Å². The molecule has 2 aromatic carbocycles. The SMILES string of the molecule is O=C(CSc1nnc(-c2ccc(F)cc2)n1CC1CCCO1)Nc1ccc(-n2cnnn2)cc1. The zero-order valence-corrected chi connectivity index (χ0v) is 18.9. The number of carbonyl (C=O) groups is 1. The van der Waals surface area contributed by atoms with Crippen molar-refractivity contribution in [2.24, 2.45) is 0 Å². The number of tetrazole rings is 1. The lowest BCUT2D eigenvalue weighted by Gasteiger charge is -2.14. The van der Waals surface area contributed by atoms with E-state index in [9.17, 15) is 9.18 Å². The van der Waals surface area contributed by atoms with Crippen molar-refractivity contribution < 1.29 is 13.9 Å². The fourth-order valence-corrected chi connectivity index (χ4v) is 4.42. The quantitative estimate of drug-likeness (QED) is 0.383. The van der Waals surface area contributed by atoms with Gasteiger partial charge in [0.15, 0.2) is 11.0 Å². The predicted octanol–water partition coefficient (Wildman–Crippen LogP) is 2.97. The van der Waals surface area contributed by atoms with E-state index >= 15 is 0 Å². The van der Waals surface area contributed by atoms with E-state index in [0.29, 0.717) is 23.2 Å². The van der Waals surface area contributed by atoms with Gasteiger partial charge in [0, 0.05) is 17.9 Å². The molecule has 1 N–H and O–H groups in total. The van der Waals surface area contributed by atoms with Gasteiger partial charge < -0.3 is 10.1 Å². The zero-order valence-electron chi connectivity index (χ0n) is 18.0. The first-order valence-electron chi connectivity index (χ1n) is 10.7. The second kappa shape index (κ2) is 10.1. The van der Waals surface area contributed by atoms with Gasteiger partial charge in [-0.25, -0.2) is 9.07 Å². The van der Waals surface area contributed by atoms with Crippen molar-refractivity contribution >= 4 is 23.4 Å². The third-order valence-corrected chi connectivity index (χ3v) is 6.29. The highest BCUT2D eigenvalue weighted by molar-refractivity contribution is 7.99. The summed E-state index contributed by atoms with van der Waals surface area (Å²) in [5, 5.41) is 23.2. The number of nitrogens with zero attached hydrogens (tertiary/aromatic N) is 7. The van der Waals surface area contributed by atoms with Gasteiger partial charge >= 0.3 is 0 Å². The van der Waals surface area contributed by atoms with Crippen LogP contribution in [0.2, 0.25) is 0 Å². The Morgan fingerprint density at radius 2 is 1.97 bits per heavy atom. The van der Waals surface area contributed by atoms with E-state index in [1.807, 2.05) is 16.7 Å². The van der Waals surface area contributed by atoms with Gasteiger partial charge in [-0.3, -0.25) is 9.36 Å². The molecule has 1 aliphatic heterocycles. The maximum absolute atomic E-state index is 13.4. The fraction of sp³-hybridized carbons (Fsp3) is 0.273. The normalized spacial score (nSPS) is 15.5. The lowest BCUT2D eigenvalue weighted by molar-refractivity contribution is -0.113. The van der Waals surface area contributed by atoms with Gasteiger partial charge in [0.2, 0.25) is 5.91 Å². The van der Waals surface area contributed by atoms with E-state index in [4.69, 9.17) is 4.74 Å². The summed E-state index contributed by atoms with van der Waals surface area (Å²) in [7, 11) is 0. The third-order valence-electron chi connectivity index (χ3n) is 5.33. The number of ether oxygens (including phenoxy) is 1. The minimum Gasteiger partial charge on any atom is -0.376 e. The number of carbonyl (C=O) groups excluding carboxylic acids is 1. The second-order valence-electron chi connectivity index (χ2n) is 7.70. The van der Waals surface area contributed by atoms with Crippen molar-refractivity contribution in [2.75, 3.05) is 17.7 Å². The Morgan fingerprint density at radius 3 is 2.68 bits per heavy atom. The average molecular weight is 481 g/mol. The van der Waals surface area contributed by atoms with Gasteiger partial charge in [-0.1, -0.05) is 11.8 Å². The van der Waals surface area contributed by atoms with Gasteiger partial charge in [0.25, 0.3) is 0 Å². The summed E-state index contributed by atoms with van der Waals surface area (Å²) in [6.45, 7) is 1.30. The number of hydrogen-bond acceptors (Lipinski definition) is 8. The summed E-state index contributed by atoms with van der Waals surface area (Å²) >= 11 is 1.29. The van der Waals surface area contributed by atoms with E-state index in [2.05, 4.69) is 31.0 Å². The molecule has 12 heteroatoms. The van der Waals surface area contributed by atoms with Crippen molar-refractivity contribution in [1.82, 2.24) is 35.0 Å². The topological polar surface area (TPSA) is 113 Å². The molecule has 0 saturated carbocycles. The van der Waals surface area contributed by atoms with Crippen LogP contribution >= 0.6 is 11.8 Å². The molecule has 1 fully saturated rings. The number of hydrogen-bond donors (Lipinski definition) is 1. The molecule has 2 aromatic heterocycles. The van der Waals surface area contributed by atoms with E-state index in [1.165, 1.54) is 34.9 Å². The first-order valence-corrected chi connectivity index (χ1v) is 11.7. The zero-order chi connectivity index (χ0) is 23.3. The fourth-order valence-electron chi connectivity index (χ4n) is 3.67. The highest BCUT2D eigenvalue weighted by Gasteiger charge is 2.22. The Balaban J connectivity index is 1.26. The largest absolute Gasteiger partial charge is 0.376 e. The Morgan fingerprint density at radius 1 is 1.15 bits per heavy atom. The van der Waals surface area contributed by atoms with Crippen LogP contribution in [0.3, 0.4) is 0 Å². The van der Waals surface area contributed by atoms with Crippen molar-refractivity contribution in [2.45, 2.75) is 30.6 Å². The van der Waals surface area contributed by atoms with Crippen LogP contribution in [0.1, 0.15) is 12.8 Å². The van der Waals surface area contributed by atoms with Crippen LogP contribution in [0.25, 0.3) is 17.1 Å². The summed E-state index contributed by atoms with van der Waals surface area (Å²) < 4.78 is 22.7. The van der Waals surface area contributed by atoms with Crippen LogP contribution in [-0.2, 0) is 16.1 Å². The van der Waals surface area contributed by atoms with E-state index in [-0.39, 0.29) is 23.6 Å². The maximum atomic E-state index is 13.4. The Bertz CT molecular complexity index is 1240. The summed E-state index contributed by atoms with van der Waals surface area (Å²) in [6, 6.07) is 13.3. The van der Waals surface area contributed by atoms with Crippen LogP contribution in [0.15, 0.2) is 60.0 Å². The van der Waals surface area contributed by atoms with Crippen LogP contribution in [0.4, 0.5) is 10.1 Å². The van der Waals surface area contributed by atoms with Gasteiger partial charge in [0.1, 0.15) is 12.1 Å². The van der Waals surface area contributed by atoms with E-state index < -0.39 is 0 Å². The summed E-state index contributed by atoms with van der Waals surface area (Å²) in [5.74, 6) is 0.292. The third kappa shape index (κ3) is 5.13. The molecule has 3 heterocycles. The summed E-state index contributed by atoms with van der Waals surface area (Å²) in [6.07, 6.45) is 3.52. The molecule has 1 atom stereocenters. The minimum atomic E-state index is -0.314. The molecule has 174 valence electrons. The lowest BCUT2D eigenvalue weighted by atomic mass is 10.2. The number of nitrogens with one attached hydrogen (secondary N) is 1. The Hall–Kier alpha value is -3.64. The standard InChI is InChI=1S/C22H21FN8O2S/c23-16-5-3-15(4-6-16)21-26-27-22(30(21)12-19-2-1-11-33-19)34-13-20(32)25-17-7-9-18(10-8-17)31-14-24-28-29-31/h3-10,14,19H,1-2,11-13H2,(H,25,32). The van der Waals surface area contributed by atoms with Gasteiger partial charge in [-0.2, -0.15) is 0 Å². The minimum absolute atomic E-state index is 0.0575. The average Bonchev–Trinajstić information content (AvgIpc) is 3.62. The molecule has 0 bridgehead atoms. The number of rotatable bonds is 8. The number of halogens is 1.